The van der Waals surface area contributed by atoms with E-state index in [0.717, 1.165) is 36.7 Å². The number of hydrogen-bond donors (Lipinski definition) is 1. The van der Waals surface area contributed by atoms with Gasteiger partial charge in [0.15, 0.2) is 16.6 Å². The predicted octanol–water partition coefficient (Wildman–Crippen LogP) is 4.29. The Labute approximate surface area is 186 Å². The summed E-state index contributed by atoms with van der Waals surface area (Å²) in [4.78, 5) is 2.22. The molecule has 1 aliphatic heterocycles. The van der Waals surface area contributed by atoms with Crippen molar-refractivity contribution < 1.29 is 18.9 Å². The van der Waals surface area contributed by atoms with E-state index < -0.39 is 0 Å². The zero-order valence-electron chi connectivity index (χ0n) is 18.6. The van der Waals surface area contributed by atoms with Gasteiger partial charge in [-0.2, -0.15) is 0 Å². The lowest BCUT2D eigenvalue weighted by molar-refractivity contribution is 0.0893. The number of methoxy groups -OCH3 is 3. The van der Waals surface area contributed by atoms with Crippen LogP contribution in [0.15, 0.2) is 12.1 Å². The number of hydrogen-bond acceptors (Lipinski definition) is 5. The first kappa shape index (κ1) is 22.9. The number of nitrogens with zero attached hydrogens (tertiary/aromatic N) is 1. The molecule has 0 aromatic heterocycles. The Kier molecular flexibility index (Phi) is 8.88. The summed E-state index contributed by atoms with van der Waals surface area (Å²) in [5, 5.41) is 4.45. The largest absolute Gasteiger partial charge is 0.493 e. The Bertz CT molecular complexity index is 686. The van der Waals surface area contributed by atoms with Crippen LogP contribution in [-0.4, -0.2) is 56.6 Å². The van der Waals surface area contributed by atoms with Crippen molar-refractivity contribution in [1.29, 1.82) is 0 Å². The van der Waals surface area contributed by atoms with Crippen molar-refractivity contribution in [3.63, 3.8) is 0 Å². The third kappa shape index (κ3) is 5.91. The minimum Gasteiger partial charge on any atom is -0.493 e. The average Bonchev–Trinajstić information content (AvgIpc) is 3.14. The molecule has 1 aliphatic carbocycles. The second-order valence-electron chi connectivity index (χ2n) is 8.15. The molecule has 6 nitrogen and oxygen atoms in total. The summed E-state index contributed by atoms with van der Waals surface area (Å²) in [7, 11) is 4.92. The van der Waals surface area contributed by atoms with Gasteiger partial charge in [-0.15, -0.1) is 0 Å². The van der Waals surface area contributed by atoms with E-state index in [1.54, 1.807) is 21.3 Å². The molecule has 0 amide bonds. The van der Waals surface area contributed by atoms with Crippen LogP contribution in [0.4, 0.5) is 0 Å². The number of benzene rings is 1. The van der Waals surface area contributed by atoms with Crippen molar-refractivity contribution >= 4 is 17.3 Å². The molecule has 1 atom stereocenters. The first-order valence-electron chi connectivity index (χ1n) is 11.1. The summed E-state index contributed by atoms with van der Waals surface area (Å²) < 4.78 is 22.6. The topological polar surface area (TPSA) is 52.2 Å². The fraction of sp³-hybridized carbons (Fsp3) is 0.696. The molecule has 7 heteroatoms. The second-order valence-corrected chi connectivity index (χ2v) is 8.53. The third-order valence-electron chi connectivity index (χ3n) is 6.06. The summed E-state index contributed by atoms with van der Waals surface area (Å²) in [5.74, 6) is 1.95. The van der Waals surface area contributed by atoms with Crippen LogP contribution in [0.3, 0.4) is 0 Å². The molecule has 3 rings (SSSR count). The monoisotopic (exact) mass is 436 g/mol. The molecule has 1 aromatic rings. The first-order chi connectivity index (χ1) is 14.7. The summed E-state index contributed by atoms with van der Waals surface area (Å²) >= 11 is 5.89. The SMILES string of the molecule is COc1ccc(CN(C[C@@H]2CCCO2)C(=S)NC2CCCCCC2)c(OC)c1OC. The second kappa shape index (κ2) is 11.6. The van der Waals surface area contributed by atoms with Gasteiger partial charge in [-0.05, 0) is 50.0 Å². The maximum atomic E-state index is 5.91. The molecule has 30 heavy (non-hydrogen) atoms. The molecule has 1 saturated heterocycles. The van der Waals surface area contributed by atoms with Crippen molar-refractivity contribution in [1.82, 2.24) is 10.2 Å². The van der Waals surface area contributed by atoms with E-state index in [1.807, 2.05) is 12.1 Å². The van der Waals surface area contributed by atoms with Gasteiger partial charge in [-0.25, -0.2) is 0 Å². The number of rotatable bonds is 8. The van der Waals surface area contributed by atoms with Crippen molar-refractivity contribution in [2.24, 2.45) is 0 Å². The molecule has 1 heterocycles. The molecule has 168 valence electrons. The van der Waals surface area contributed by atoms with Crippen LogP contribution in [0, 0.1) is 0 Å². The van der Waals surface area contributed by atoms with Gasteiger partial charge < -0.3 is 29.2 Å². The summed E-state index contributed by atoms with van der Waals surface area (Å²) in [6, 6.07) is 4.40. The maximum Gasteiger partial charge on any atom is 0.203 e. The van der Waals surface area contributed by atoms with Crippen LogP contribution < -0.4 is 19.5 Å². The van der Waals surface area contributed by atoms with Gasteiger partial charge >= 0.3 is 0 Å². The molecular weight excluding hydrogens is 400 g/mol. The van der Waals surface area contributed by atoms with E-state index in [0.29, 0.717) is 29.8 Å². The first-order valence-corrected chi connectivity index (χ1v) is 11.5. The van der Waals surface area contributed by atoms with Crippen LogP contribution in [0.5, 0.6) is 17.2 Å². The van der Waals surface area contributed by atoms with E-state index in [4.69, 9.17) is 31.2 Å². The van der Waals surface area contributed by atoms with Crippen LogP contribution in [0.2, 0.25) is 0 Å². The van der Waals surface area contributed by atoms with E-state index >= 15 is 0 Å². The van der Waals surface area contributed by atoms with Crippen molar-refractivity contribution in [2.75, 3.05) is 34.5 Å². The number of nitrogens with one attached hydrogen (secondary N) is 1. The summed E-state index contributed by atoms with van der Waals surface area (Å²) in [5.41, 5.74) is 1.01. The van der Waals surface area contributed by atoms with E-state index in [1.165, 1.54) is 38.5 Å². The van der Waals surface area contributed by atoms with Crippen molar-refractivity contribution in [3.8, 4) is 17.2 Å². The molecule has 0 unspecified atom stereocenters. The maximum absolute atomic E-state index is 5.91. The summed E-state index contributed by atoms with van der Waals surface area (Å²) in [6.07, 6.45) is 9.98. The minimum absolute atomic E-state index is 0.213. The minimum atomic E-state index is 0.213. The number of ether oxygens (including phenoxy) is 4. The fourth-order valence-corrected chi connectivity index (χ4v) is 4.74. The van der Waals surface area contributed by atoms with Gasteiger partial charge in [0.2, 0.25) is 5.75 Å². The van der Waals surface area contributed by atoms with E-state index in [-0.39, 0.29) is 6.10 Å². The van der Waals surface area contributed by atoms with Crippen LogP contribution in [0.1, 0.15) is 56.9 Å². The van der Waals surface area contributed by atoms with Crippen LogP contribution >= 0.6 is 12.2 Å². The van der Waals surface area contributed by atoms with Gasteiger partial charge in [0.25, 0.3) is 0 Å². The van der Waals surface area contributed by atoms with Gasteiger partial charge in [0, 0.05) is 31.3 Å². The Hall–Kier alpha value is -1.73. The molecule has 0 radical (unpaired) electrons. The normalized spacial score (nSPS) is 19.8. The molecule has 2 aliphatic rings. The highest BCUT2D eigenvalue weighted by Crippen LogP contribution is 2.40. The van der Waals surface area contributed by atoms with Crippen molar-refractivity contribution in [3.05, 3.63) is 17.7 Å². The zero-order chi connectivity index (χ0) is 21.3. The fourth-order valence-electron chi connectivity index (χ4n) is 4.44. The summed E-state index contributed by atoms with van der Waals surface area (Å²) in [6.45, 7) is 2.24. The standard InChI is InChI=1S/C23H36N2O4S/c1-26-20-13-12-17(21(27-2)22(20)28-3)15-25(16-19-11-8-14-29-19)23(30)24-18-9-6-4-5-7-10-18/h12-13,18-19H,4-11,14-16H2,1-3H3,(H,24,30)/t19-/m0/s1. The molecule has 0 spiro atoms. The lowest BCUT2D eigenvalue weighted by Gasteiger charge is -2.31. The molecule has 0 bridgehead atoms. The highest BCUT2D eigenvalue weighted by molar-refractivity contribution is 7.80. The highest BCUT2D eigenvalue weighted by atomic mass is 32.1. The molecule has 2 fully saturated rings. The lowest BCUT2D eigenvalue weighted by Crippen LogP contribution is -2.46. The van der Waals surface area contributed by atoms with Crippen LogP contribution in [-0.2, 0) is 11.3 Å². The van der Waals surface area contributed by atoms with Crippen LogP contribution in [0.25, 0.3) is 0 Å². The van der Waals surface area contributed by atoms with Gasteiger partial charge in [-0.1, -0.05) is 25.7 Å². The molecule has 1 N–H and O–H groups in total. The Morgan fingerprint density at radius 2 is 1.73 bits per heavy atom. The average molecular weight is 437 g/mol. The smallest absolute Gasteiger partial charge is 0.203 e. The molecule has 1 aromatic carbocycles. The Morgan fingerprint density at radius 1 is 1.00 bits per heavy atom. The molecular formula is C23H36N2O4S. The van der Waals surface area contributed by atoms with E-state index in [2.05, 4.69) is 10.2 Å². The Balaban J connectivity index is 1.78. The predicted molar refractivity (Wildman–Crippen MR) is 123 cm³/mol. The van der Waals surface area contributed by atoms with E-state index in [9.17, 15) is 0 Å². The van der Waals surface area contributed by atoms with Gasteiger partial charge in [-0.3, -0.25) is 0 Å². The quantitative estimate of drug-likeness (QED) is 0.482. The van der Waals surface area contributed by atoms with Crippen molar-refractivity contribution in [2.45, 2.75) is 70.1 Å². The zero-order valence-corrected chi connectivity index (χ0v) is 19.4. The number of thiocarbonyl (C=S) groups is 1. The van der Waals surface area contributed by atoms with Gasteiger partial charge in [0.05, 0.1) is 27.4 Å². The highest BCUT2D eigenvalue weighted by Gasteiger charge is 2.25. The lowest BCUT2D eigenvalue weighted by atomic mass is 10.1. The molecule has 1 saturated carbocycles. The van der Waals surface area contributed by atoms with Gasteiger partial charge in [0.1, 0.15) is 0 Å². The Morgan fingerprint density at radius 3 is 2.33 bits per heavy atom. The third-order valence-corrected chi connectivity index (χ3v) is 6.44.